The maximum Gasteiger partial charge on any atom is 0.225 e. The third-order valence-electron chi connectivity index (χ3n) is 4.60. The van der Waals surface area contributed by atoms with Crippen LogP contribution in [0.1, 0.15) is 33.5 Å². The molecule has 7 heteroatoms. The summed E-state index contributed by atoms with van der Waals surface area (Å²) in [4.78, 5) is 23.5. The fourth-order valence-corrected chi connectivity index (χ4v) is 3.28. The van der Waals surface area contributed by atoms with Gasteiger partial charge in [0.1, 0.15) is 18.0 Å². The number of rotatable bonds is 4. The Bertz CT molecular complexity index is 721. The highest BCUT2D eigenvalue weighted by Gasteiger charge is 2.35. The quantitative estimate of drug-likeness (QED) is 0.917. The van der Waals surface area contributed by atoms with E-state index >= 15 is 0 Å². The summed E-state index contributed by atoms with van der Waals surface area (Å²) in [6, 6.07) is 5.86. The molecule has 1 saturated heterocycles. The van der Waals surface area contributed by atoms with Gasteiger partial charge in [-0.25, -0.2) is 14.6 Å². The number of hydrogen-bond donors (Lipinski definition) is 1. The van der Waals surface area contributed by atoms with Gasteiger partial charge in [-0.15, -0.1) is 0 Å². The van der Waals surface area contributed by atoms with Crippen molar-refractivity contribution >= 4 is 11.7 Å². The van der Waals surface area contributed by atoms with Gasteiger partial charge in [-0.1, -0.05) is 13.0 Å². The summed E-state index contributed by atoms with van der Waals surface area (Å²) >= 11 is 0. The largest absolute Gasteiger partial charge is 0.356 e. The molecule has 0 spiro atoms. The number of aromatic nitrogens is 4. The molecule has 0 radical (unpaired) electrons. The Morgan fingerprint density at radius 2 is 2.08 bits per heavy atom. The van der Waals surface area contributed by atoms with E-state index in [0.29, 0.717) is 13.1 Å². The van der Waals surface area contributed by atoms with Crippen molar-refractivity contribution in [1.29, 1.82) is 0 Å². The van der Waals surface area contributed by atoms with Crippen LogP contribution in [0.25, 0.3) is 0 Å². The third kappa shape index (κ3) is 3.81. The summed E-state index contributed by atoms with van der Waals surface area (Å²) in [6.07, 6.45) is 3.32. The number of carbonyl (C=O) groups is 1. The maximum absolute atomic E-state index is 12.7. The molecule has 0 aliphatic carbocycles. The minimum absolute atomic E-state index is 0.0481. The van der Waals surface area contributed by atoms with Crippen LogP contribution in [0.15, 0.2) is 30.7 Å². The molecule has 0 saturated carbocycles. The average molecular weight is 342 g/mol. The van der Waals surface area contributed by atoms with Crippen molar-refractivity contribution in [2.24, 2.45) is 11.8 Å². The molecule has 2 aromatic rings. The first-order chi connectivity index (χ1) is 11.9. The van der Waals surface area contributed by atoms with Crippen LogP contribution in [0.5, 0.6) is 0 Å². The van der Waals surface area contributed by atoms with Gasteiger partial charge in [-0.05, 0) is 38.8 Å². The van der Waals surface area contributed by atoms with Crippen molar-refractivity contribution in [2.75, 3.05) is 18.0 Å². The molecule has 7 nitrogen and oxygen atoms in total. The van der Waals surface area contributed by atoms with Crippen molar-refractivity contribution in [3.8, 4) is 0 Å². The van der Waals surface area contributed by atoms with Crippen LogP contribution in [0.4, 0.5) is 5.82 Å². The standard InChI is InChI=1S/C18H26N6O/c1-13-10-23(15-7-5-6-8-19-15)11-14(13)17(25)20-9-16-21-12-22-24(16)18(2,3)4/h5-8,12-14H,9-11H2,1-4H3,(H,20,25)/t13-,14-/m1/s1. The van der Waals surface area contributed by atoms with E-state index in [-0.39, 0.29) is 23.3 Å². The highest BCUT2D eigenvalue weighted by atomic mass is 16.2. The molecule has 134 valence electrons. The topological polar surface area (TPSA) is 75.9 Å². The minimum atomic E-state index is -0.160. The zero-order chi connectivity index (χ0) is 18.0. The summed E-state index contributed by atoms with van der Waals surface area (Å²) in [7, 11) is 0. The second-order valence-corrected chi connectivity index (χ2v) is 7.65. The lowest BCUT2D eigenvalue weighted by molar-refractivity contribution is -0.125. The summed E-state index contributed by atoms with van der Waals surface area (Å²) < 4.78 is 1.85. The van der Waals surface area contributed by atoms with E-state index in [4.69, 9.17) is 0 Å². The molecule has 2 aromatic heterocycles. The van der Waals surface area contributed by atoms with Crippen molar-refractivity contribution < 1.29 is 4.79 Å². The highest BCUT2D eigenvalue weighted by molar-refractivity contribution is 5.80. The van der Waals surface area contributed by atoms with Crippen molar-refractivity contribution in [3.05, 3.63) is 36.5 Å². The van der Waals surface area contributed by atoms with E-state index in [0.717, 1.165) is 18.2 Å². The van der Waals surface area contributed by atoms with Crippen LogP contribution < -0.4 is 10.2 Å². The van der Waals surface area contributed by atoms with E-state index in [9.17, 15) is 4.79 Å². The Hall–Kier alpha value is -2.44. The predicted molar refractivity (Wildman–Crippen MR) is 96.0 cm³/mol. The van der Waals surface area contributed by atoms with Gasteiger partial charge in [0, 0.05) is 19.3 Å². The molecule has 3 heterocycles. The Kier molecular flexibility index (Phi) is 4.74. The van der Waals surface area contributed by atoms with Crippen LogP contribution in [0.2, 0.25) is 0 Å². The molecule has 3 rings (SSSR count). The van der Waals surface area contributed by atoms with Crippen LogP contribution in [0, 0.1) is 11.8 Å². The fourth-order valence-electron chi connectivity index (χ4n) is 3.28. The van der Waals surface area contributed by atoms with Crippen molar-refractivity contribution in [1.82, 2.24) is 25.1 Å². The number of carbonyl (C=O) groups excluding carboxylic acids is 1. The molecule has 2 atom stereocenters. The number of nitrogens with one attached hydrogen (secondary N) is 1. The first-order valence-electron chi connectivity index (χ1n) is 8.69. The molecule has 1 N–H and O–H groups in total. The lowest BCUT2D eigenvalue weighted by Crippen LogP contribution is -2.36. The van der Waals surface area contributed by atoms with Gasteiger partial charge in [-0.3, -0.25) is 4.79 Å². The predicted octanol–water partition coefficient (Wildman–Crippen LogP) is 1.82. The normalized spacial score (nSPS) is 20.7. The lowest BCUT2D eigenvalue weighted by atomic mass is 9.97. The Labute approximate surface area is 148 Å². The zero-order valence-corrected chi connectivity index (χ0v) is 15.3. The van der Waals surface area contributed by atoms with Crippen molar-refractivity contribution in [3.63, 3.8) is 0 Å². The van der Waals surface area contributed by atoms with E-state index in [1.807, 2.05) is 22.9 Å². The molecular weight excluding hydrogens is 316 g/mol. The summed E-state index contributed by atoms with van der Waals surface area (Å²) in [5.74, 6) is 2.00. The van der Waals surface area contributed by atoms with E-state index < -0.39 is 0 Å². The monoisotopic (exact) mass is 342 g/mol. The van der Waals surface area contributed by atoms with Crippen LogP contribution in [-0.2, 0) is 16.9 Å². The third-order valence-corrected chi connectivity index (χ3v) is 4.60. The van der Waals surface area contributed by atoms with Gasteiger partial charge in [0.05, 0.1) is 18.0 Å². The summed E-state index contributed by atoms with van der Waals surface area (Å²) in [5.41, 5.74) is -0.160. The van der Waals surface area contributed by atoms with Crippen LogP contribution >= 0.6 is 0 Å². The molecule has 1 fully saturated rings. The molecular formula is C18H26N6O. The maximum atomic E-state index is 12.7. The van der Waals surface area contributed by atoms with Gasteiger partial charge in [0.15, 0.2) is 0 Å². The minimum Gasteiger partial charge on any atom is -0.356 e. The molecule has 25 heavy (non-hydrogen) atoms. The molecule has 0 aromatic carbocycles. The molecule has 1 aliphatic heterocycles. The molecule has 1 amide bonds. The smallest absolute Gasteiger partial charge is 0.225 e. The lowest BCUT2D eigenvalue weighted by Gasteiger charge is -2.22. The van der Waals surface area contributed by atoms with Crippen LogP contribution in [0.3, 0.4) is 0 Å². The van der Waals surface area contributed by atoms with Gasteiger partial charge >= 0.3 is 0 Å². The average Bonchev–Trinajstić information content (AvgIpc) is 3.19. The van der Waals surface area contributed by atoms with Gasteiger partial charge in [-0.2, -0.15) is 5.10 Å². The first kappa shape index (κ1) is 17.4. The SMILES string of the molecule is C[C@@H]1CN(c2ccccn2)C[C@H]1C(=O)NCc1ncnn1C(C)(C)C. The second kappa shape index (κ2) is 6.82. The zero-order valence-electron chi connectivity index (χ0n) is 15.3. The summed E-state index contributed by atoms with van der Waals surface area (Å²) in [5, 5.41) is 7.30. The first-order valence-corrected chi connectivity index (χ1v) is 8.69. The number of amides is 1. The summed E-state index contributed by atoms with van der Waals surface area (Å²) in [6.45, 7) is 10.2. The Morgan fingerprint density at radius 1 is 1.28 bits per heavy atom. The Balaban J connectivity index is 1.62. The fraction of sp³-hybridized carbons (Fsp3) is 0.556. The Morgan fingerprint density at radius 3 is 2.76 bits per heavy atom. The number of anilines is 1. The second-order valence-electron chi connectivity index (χ2n) is 7.65. The molecule has 0 unspecified atom stereocenters. The van der Waals surface area contributed by atoms with Gasteiger partial charge < -0.3 is 10.2 Å². The number of hydrogen-bond acceptors (Lipinski definition) is 5. The van der Waals surface area contributed by atoms with Crippen molar-refractivity contribution in [2.45, 2.75) is 39.8 Å². The van der Waals surface area contributed by atoms with E-state index in [2.05, 4.69) is 53.0 Å². The highest BCUT2D eigenvalue weighted by Crippen LogP contribution is 2.27. The number of nitrogens with zero attached hydrogens (tertiary/aromatic N) is 5. The molecule has 1 aliphatic rings. The molecule has 0 bridgehead atoms. The van der Waals surface area contributed by atoms with E-state index in [1.54, 1.807) is 6.20 Å². The number of pyridine rings is 1. The van der Waals surface area contributed by atoms with Gasteiger partial charge in [0.2, 0.25) is 5.91 Å². The van der Waals surface area contributed by atoms with Gasteiger partial charge in [0.25, 0.3) is 0 Å². The van der Waals surface area contributed by atoms with E-state index in [1.165, 1.54) is 6.33 Å². The van der Waals surface area contributed by atoms with Crippen LogP contribution in [-0.4, -0.2) is 38.7 Å².